The molecule has 3 heteroatoms. The van der Waals surface area contributed by atoms with Crippen molar-refractivity contribution in [2.75, 3.05) is 25.7 Å². The molecule has 0 amide bonds. The molecule has 0 aliphatic rings. The van der Waals surface area contributed by atoms with Crippen molar-refractivity contribution in [3.8, 4) is 0 Å². The highest BCUT2D eigenvalue weighted by molar-refractivity contribution is 6.19. The van der Waals surface area contributed by atoms with E-state index < -0.39 is 0 Å². The van der Waals surface area contributed by atoms with E-state index >= 15 is 0 Å². The minimum absolute atomic E-state index is 0.0904. The maximum Gasteiger partial charge on any atom is 0.0707 e. The summed E-state index contributed by atoms with van der Waals surface area (Å²) >= 11 is 5.53. The van der Waals surface area contributed by atoms with Gasteiger partial charge in [-0.05, 0) is 26.3 Å². The van der Waals surface area contributed by atoms with E-state index in [4.69, 9.17) is 21.1 Å². The molecule has 0 rings (SSSR count). The Hall–Kier alpha value is -0.0500. The highest BCUT2D eigenvalue weighted by atomic mass is 35.5. The van der Waals surface area contributed by atoms with Gasteiger partial charge in [0.2, 0.25) is 0 Å². The lowest BCUT2D eigenvalue weighted by Gasteiger charge is -2.19. The summed E-state index contributed by atoms with van der Waals surface area (Å²) in [7, 11) is 0. The van der Waals surface area contributed by atoms with E-state index in [1.54, 1.807) is 0 Å². The molecular formula is C10H19ClO2. The van der Waals surface area contributed by atoms with E-state index in [9.17, 15) is 0 Å². The summed E-state index contributed by atoms with van der Waals surface area (Å²) in [6, 6.07) is 0. The van der Waals surface area contributed by atoms with Gasteiger partial charge in [0.05, 0.1) is 25.4 Å². The first kappa shape index (κ1) is 12.9. The van der Waals surface area contributed by atoms with Crippen molar-refractivity contribution in [2.24, 2.45) is 0 Å². The molecule has 0 fully saturated rings. The van der Waals surface area contributed by atoms with Crippen molar-refractivity contribution in [3.63, 3.8) is 0 Å². The molecule has 0 aromatic carbocycles. The number of alkyl halides is 1. The lowest BCUT2D eigenvalue weighted by molar-refractivity contribution is -0.0319. The summed E-state index contributed by atoms with van der Waals surface area (Å²) in [6.45, 7) is 11.5. The largest absolute Gasteiger partial charge is 0.375 e. The minimum Gasteiger partial charge on any atom is -0.375 e. The molecule has 0 unspecified atom stereocenters. The third-order valence-electron chi connectivity index (χ3n) is 1.26. The fourth-order valence-corrected chi connectivity index (χ4v) is 0.739. The maximum absolute atomic E-state index is 5.53. The Morgan fingerprint density at radius 3 is 2.38 bits per heavy atom. The number of halogens is 1. The molecule has 0 bridgehead atoms. The van der Waals surface area contributed by atoms with Gasteiger partial charge >= 0.3 is 0 Å². The molecule has 13 heavy (non-hydrogen) atoms. The lowest BCUT2D eigenvalue weighted by Crippen LogP contribution is -2.22. The lowest BCUT2D eigenvalue weighted by atomic mass is 10.2. The van der Waals surface area contributed by atoms with Crippen LogP contribution in [-0.2, 0) is 9.47 Å². The van der Waals surface area contributed by atoms with E-state index in [0.29, 0.717) is 25.7 Å². The quantitative estimate of drug-likeness (QED) is 0.378. The second-order valence-corrected chi connectivity index (χ2v) is 4.16. The van der Waals surface area contributed by atoms with E-state index in [1.165, 1.54) is 0 Å². The van der Waals surface area contributed by atoms with Crippen LogP contribution in [0.5, 0.6) is 0 Å². The van der Waals surface area contributed by atoms with E-state index in [-0.39, 0.29) is 5.60 Å². The molecule has 78 valence electrons. The number of hydrogen-bond acceptors (Lipinski definition) is 2. The third-order valence-corrected chi connectivity index (χ3v) is 1.64. The van der Waals surface area contributed by atoms with Crippen LogP contribution >= 0.6 is 11.6 Å². The first-order valence-electron chi connectivity index (χ1n) is 4.40. The van der Waals surface area contributed by atoms with Crippen LogP contribution in [0.25, 0.3) is 0 Å². The summed E-state index contributed by atoms with van der Waals surface area (Å²) in [4.78, 5) is 0. The standard InChI is InChI=1S/C10H19ClO2/c1-9(7-11)8-12-5-6-13-10(2,3)4/h1,5-8H2,2-4H3. The van der Waals surface area contributed by atoms with Crippen molar-refractivity contribution >= 4 is 11.6 Å². The van der Waals surface area contributed by atoms with Gasteiger partial charge in [-0.25, -0.2) is 0 Å². The van der Waals surface area contributed by atoms with Crippen molar-refractivity contribution < 1.29 is 9.47 Å². The predicted molar refractivity (Wildman–Crippen MR) is 56.4 cm³/mol. The van der Waals surface area contributed by atoms with Crippen LogP contribution < -0.4 is 0 Å². The van der Waals surface area contributed by atoms with Gasteiger partial charge < -0.3 is 9.47 Å². The highest BCUT2D eigenvalue weighted by Gasteiger charge is 2.08. The first-order valence-corrected chi connectivity index (χ1v) is 4.93. The average Bonchev–Trinajstić information content (AvgIpc) is 2.01. The Morgan fingerprint density at radius 2 is 1.92 bits per heavy atom. The topological polar surface area (TPSA) is 18.5 Å². The van der Waals surface area contributed by atoms with Gasteiger partial charge in [-0.15, -0.1) is 11.6 Å². The normalized spacial score (nSPS) is 11.7. The maximum atomic E-state index is 5.53. The molecule has 0 heterocycles. The Labute approximate surface area is 85.9 Å². The zero-order valence-corrected chi connectivity index (χ0v) is 9.49. The molecule has 0 N–H and O–H groups in total. The number of ether oxygens (including phenoxy) is 2. The Morgan fingerprint density at radius 1 is 1.31 bits per heavy atom. The minimum atomic E-state index is -0.0904. The Kier molecular flexibility index (Phi) is 6.39. The van der Waals surface area contributed by atoms with Gasteiger partial charge in [0.1, 0.15) is 0 Å². The number of hydrogen-bond donors (Lipinski definition) is 0. The van der Waals surface area contributed by atoms with Crippen LogP contribution in [-0.4, -0.2) is 31.3 Å². The average molecular weight is 207 g/mol. The molecule has 0 saturated heterocycles. The van der Waals surface area contributed by atoms with E-state index in [2.05, 4.69) is 6.58 Å². The molecule has 0 aliphatic carbocycles. The van der Waals surface area contributed by atoms with Gasteiger partial charge in [-0.2, -0.15) is 0 Å². The zero-order valence-electron chi connectivity index (χ0n) is 8.73. The smallest absolute Gasteiger partial charge is 0.0707 e. The molecule has 0 aliphatic heterocycles. The van der Waals surface area contributed by atoms with Crippen molar-refractivity contribution in [2.45, 2.75) is 26.4 Å². The van der Waals surface area contributed by atoms with Gasteiger partial charge in [0, 0.05) is 5.88 Å². The fourth-order valence-electron chi connectivity index (χ4n) is 0.662. The molecular weight excluding hydrogens is 188 g/mol. The van der Waals surface area contributed by atoms with Gasteiger partial charge in [-0.3, -0.25) is 0 Å². The molecule has 0 atom stereocenters. The van der Waals surface area contributed by atoms with Crippen LogP contribution in [0, 0.1) is 0 Å². The molecule has 0 saturated carbocycles. The summed E-state index contributed by atoms with van der Waals surface area (Å²) < 4.78 is 10.7. The SMILES string of the molecule is C=C(CCl)COCCOC(C)(C)C. The van der Waals surface area contributed by atoms with Crippen LogP contribution in [0.3, 0.4) is 0 Å². The second kappa shape index (κ2) is 6.41. The summed E-state index contributed by atoms with van der Waals surface area (Å²) in [5.74, 6) is 0.458. The molecule has 0 spiro atoms. The summed E-state index contributed by atoms with van der Waals surface area (Å²) in [5.41, 5.74) is 0.810. The van der Waals surface area contributed by atoms with Crippen LogP contribution in [0.1, 0.15) is 20.8 Å². The van der Waals surface area contributed by atoms with Gasteiger partial charge in [0.15, 0.2) is 0 Å². The molecule has 0 aromatic rings. The zero-order chi connectivity index (χ0) is 10.3. The van der Waals surface area contributed by atoms with Crippen LogP contribution in [0.2, 0.25) is 0 Å². The van der Waals surface area contributed by atoms with Gasteiger partial charge in [0.25, 0.3) is 0 Å². The van der Waals surface area contributed by atoms with E-state index in [0.717, 1.165) is 5.57 Å². The summed E-state index contributed by atoms with van der Waals surface area (Å²) in [5, 5.41) is 0. The molecule has 0 aromatic heterocycles. The summed E-state index contributed by atoms with van der Waals surface area (Å²) in [6.07, 6.45) is 0. The van der Waals surface area contributed by atoms with Crippen molar-refractivity contribution in [3.05, 3.63) is 12.2 Å². The monoisotopic (exact) mass is 206 g/mol. The number of rotatable bonds is 6. The first-order chi connectivity index (χ1) is 5.95. The van der Waals surface area contributed by atoms with Crippen LogP contribution in [0.4, 0.5) is 0 Å². The third kappa shape index (κ3) is 9.87. The molecule has 0 radical (unpaired) electrons. The highest BCUT2D eigenvalue weighted by Crippen LogP contribution is 2.05. The van der Waals surface area contributed by atoms with Crippen molar-refractivity contribution in [1.82, 2.24) is 0 Å². The fraction of sp³-hybridized carbons (Fsp3) is 0.800. The predicted octanol–water partition coefficient (Wildman–Crippen LogP) is 2.61. The van der Waals surface area contributed by atoms with Crippen LogP contribution in [0.15, 0.2) is 12.2 Å². The Bertz CT molecular complexity index is 149. The van der Waals surface area contributed by atoms with E-state index in [1.807, 2.05) is 20.8 Å². The second-order valence-electron chi connectivity index (χ2n) is 3.90. The van der Waals surface area contributed by atoms with Gasteiger partial charge in [-0.1, -0.05) is 6.58 Å². The Balaban J connectivity index is 3.22. The van der Waals surface area contributed by atoms with Crippen molar-refractivity contribution in [1.29, 1.82) is 0 Å². The molecule has 2 nitrogen and oxygen atoms in total.